The van der Waals surface area contributed by atoms with E-state index >= 15 is 0 Å². The van der Waals surface area contributed by atoms with Gasteiger partial charge in [0.1, 0.15) is 6.34 Å². The Bertz CT molecular complexity index is 106. The van der Waals surface area contributed by atoms with E-state index in [0.717, 1.165) is 0 Å². The third-order valence-electron chi connectivity index (χ3n) is 0.641. The highest BCUT2D eigenvalue weighted by atomic mass is 15.6. The highest BCUT2D eigenvalue weighted by Gasteiger charge is 1.89. The molecule has 1 heterocycles. The summed E-state index contributed by atoms with van der Waals surface area (Å²) in [5, 5.41) is 4.93. The zero-order chi connectivity index (χ0) is 5.11. The Morgan fingerprint density at radius 1 is 1.71 bits per heavy atom. The molecular formula is C3H6N4. The number of hydrazone groups is 1. The van der Waals surface area contributed by atoms with E-state index in [1.54, 1.807) is 6.21 Å². The Balaban J connectivity index is 2.49. The lowest BCUT2D eigenvalue weighted by Gasteiger charge is -2.08. The Morgan fingerprint density at radius 3 is 2.86 bits per heavy atom. The first-order valence-corrected chi connectivity index (χ1v) is 1.96. The fraction of sp³-hybridized carbons (Fsp3) is 0.333. The van der Waals surface area contributed by atoms with Gasteiger partial charge in [0.15, 0.2) is 0 Å². The van der Waals surface area contributed by atoms with Gasteiger partial charge in [0.25, 0.3) is 0 Å². The average Bonchev–Trinajstić information content (AvgIpc) is 1.69. The van der Waals surface area contributed by atoms with Crippen molar-refractivity contribution in [3.63, 3.8) is 0 Å². The summed E-state index contributed by atoms with van der Waals surface area (Å²) in [6.07, 6.45) is 3.09. The molecule has 0 atom stereocenters. The van der Waals surface area contributed by atoms with Crippen molar-refractivity contribution in [1.29, 1.82) is 0 Å². The second-order valence-electron chi connectivity index (χ2n) is 1.18. The zero-order valence-electron chi connectivity index (χ0n) is 3.78. The van der Waals surface area contributed by atoms with Gasteiger partial charge in [-0.25, -0.2) is 16.0 Å². The van der Waals surface area contributed by atoms with Crippen molar-refractivity contribution in [1.82, 2.24) is 5.12 Å². The van der Waals surface area contributed by atoms with E-state index < -0.39 is 0 Å². The maximum Gasteiger partial charge on any atom is 0.136 e. The Labute approximate surface area is 41.3 Å². The number of hydrogen-bond donors (Lipinski definition) is 1. The molecular weight excluding hydrogens is 92.1 g/mol. The summed E-state index contributed by atoms with van der Waals surface area (Å²) < 4.78 is 0. The van der Waals surface area contributed by atoms with Crippen LogP contribution in [0.3, 0.4) is 0 Å². The predicted octanol–water partition coefficient (Wildman–Crippen LogP) is -0.810. The quantitative estimate of drug-likeness (QED) is 0.403. The van der Waals surface area contributed by atoms with Crippen LogP contribution in [0.15, 0.2) is 10.1 Å². The maximum atomic E-state index is 5.18. The minimum absolute atomic E-state index is 0.608. The second-order valence-corrected chi connectivity index (χ2v) is 1.18. The number of nitrogens with zero attached hydrogens (tertiary/aromatic N) is 3. The van der Waals surface area contributed by atoms with Crippen LogP contribution < -0.4 is 5.84 Å². The summed E-state index contributed by atoms with van der Waals surface area (Å²) in [7, 11) is 0. The smallest absolute Gasteiger partial charge is 0.136 e. The van der Waals surface area contributed by atoms with Gasteiger partial charge in [-0.15, -0.1) is 5.10 Å². The molecule has 2 N–H and O–H groups in total. The molecule has 0 amide bonds. The van der Waals surface area contributed by atoms with Crippen molar-refractivity contribution < 1.29 is 0 Å². The molecule has 0 bridgehead atoms. The van der Waals surface area contributed by atoms with E-state index in [4.69, 9.17) is 5.84 Å². The van der Waals surface area contributed by atoms with Crippen LogP contribution in [0.5, 0.6) is 0 Å². The van der Waals surface area contributed by atoms with Crippen molar-refractivity contribution in [2.45, 2.75) is 0 Å². The van der Waals surface area contributed by atoms with Gasteiger partial charge in [-0.1, -0.05) is 0 Å². The van der Waals surface area contributed by atoms with Crippen LogP contribution in [0.2, 0.25) is 0 Å². The average molecular weight is 98.1 g/mol. The van der Waals surface area contributed by atoms with E-state index in [0.29, 0.717) is 6.54 Å². The molecule has 0 fully saturated rings. The molecule has 0 saturated carbocycles. The number of hydrogen-bond acceptors (Lipinski definition) is 4. The van der Waals surface area contributed by atoms with Crippen molar-refractivity contribution in [3.05, 3.63) is 0 Å². The third kappa shape index (κ3) is 0.972. The largest absolute Gasteiger partial charge is 0.245 e. The Kier molecular flexibility index (Phi) is 1.04. The molecule has 38 valence electrons. The number of hydrazine groups is 1. The van der Waals surface area contributed by atoms with E-state index in [9.17, 15) is 0 Å². The van der Waals surface area contributed by atoms with E-state index in [-0.39, 0.29) is 0 Å². The van der Waals surface area contributed by atoms with Gasteiger partial charge in [-0.3, -0.25) is 0 Å². The molecule has 1 rings (SSSR count). The summed E-state index contributed by atoms with van der Waals surface area (Å²) in [6, 6.07) is 0. The van der Waals surface area contributed by atoms with Crippen LogP contribution in [0.4, 0.5) is 0 Å². The SMILES string of the molecule is NN1CC=NC=N1. The normalized spacial score (nSPS) is 18.1. The van der Waals surface area contributed by atoms with Gasteiger partial charge in [0.05, 0.1) is 6.54 Å². The van der Waals surface area contributed by atoms with Gasteiger partial charge < -0.3 is 0 Å². The summed E-state index contributed by atoms with van der Waals surface area (Å²) >= 11 is 0. The fourth-order valence-electron chi connectivity index (χ4n) is 0.321. The molecule has 1 aliphatic rings. The standard InChI is InChI=1S/C3H6N4/c4-7-2-1-5-3-6-7/h1,3H,2,4H2. The van der Waals surface area contributed by atoms with Crippen LogP contribution in [-0.4, -0.2) is 24.2 Å². The molecule has 0 aromatic carbocycles. The molecule has 0 aromatic rings. The number of aliphatic imine (C=N–C) groups is 1. The highest BCUT2D eigenvalue weighted by molar-refractivity contribution is 5.74. The maximum absolute atomic E-state index is 5.18. The van der Waals surface area contributed by atoms with Gasteiger partial charge >= 0.3 is 0 Å². The van der Waals surface area contributed by atoms with E-state index in [2.05, 4.69) is 10.1 Å². The fourth-order valence-corrected chi connectivity index (χ4v) is 0.321. The predicted molar refractivity (Wildman–Crippen MR) is 27.9 cm³/mol. The molecule has 0 aliphatic carbocycles. The minimum Gasteiger partial charge on any atom is -0.245 e. The van der Waals surface area contributed by atoms with Crippen LogP contribution in [0.25, 0.3) is 0 Å². The van der Waals surface area contributed by atoms with E-state index in [1.807, 2.05) is 0 Å². The van der Waals surface area contributed by atoms with Crippen molar-refractivity contribution in [2.24, 2.45) is 15.9 Å². The first kappa shape index (κ1) is 4.26. The molecule has 0 unspecified atom stereocenters. The first-order valence-electron chi connectivity index (χ1n) is 1.96. The first-order chi connectivity index (χ1) is 3.39. The van der Waals surface area contributed by atoms with Gasteiger partial charge in [0.2, 0.25) is 0 Å². The molecule has 0 saturated heterocycles. The summed E-state index contributed by atoms with van der Waals surface area (Å²) in [4.78, 5) is 3.69. The lowest BCUT2D eigenvalue weighted by molar-refractivity contribution is 0.345. The topological polar surface area (TPSA) is 54.0 Å². The Morgan fingerprint density at radius 2 is 2.57 bits per heavy atom. The summed E-state index contributed by atoms with van der Waals surface area (Å²) in [5.41, 5.74) is 0. The second kappa shape index (κ2) is 1.70. The molecule has 0 spiro atoms. The molecule has 0 radical (unpaired) electrons. The summed E-state index contributed by atoms with van der Waals surface area (Å²) in [6.45, 7) is 0.608. The van der Waals surface area contributed by atoms with Crippen molar-refractivity contribution in [3.8, 4) is 0 Å². The molecule has 4 nitrogen and oxygen atoms in total. The minimum atomic E-state index is 0.608. The van der Waals surface area contributed by atoms with Crippen molar-refractivity contribution >= 4 is 12.6 Å². The van der Waals surface area contributed by atoms with Gasteiger partial charge in [0, 0.05) is 6.21 Å². The monoisotopic (exact) mass is 98.1 g/mol. The van der Waals surface area contributed by atoms with Crippen LogP contribution in [0.1, 0.15) is 0 Å². The summed E-state index contributed by atoms with van der Waals surface area (Å²) in [5.74, 6) is 5.18. The molecule has 0 aromatic heterocycles. The van der Waals surface area contributed by atoms with Gasteiger partial charge in [-0.2, -0.15) is 0 Å². The molecule has 7 heavy (non-hydrogen) atoms. The van der Waals surface area contributed by atoms with Crippen LogP contribution in [-0.2, 0) is 0 Å². The number of rotatable bonds is 0. The third-order valence-corrected chi connectivity index (χ3v) is 0.641. The number of nitrogens with two attached hydrogens (primary N) is 1. The highest BCUT2D eigenvalue weighted by Crippen LogP contribution is 1.78. The lowest BCUT2D eigenvalue weighted by Crippen LogP contribution is -2.28. The van der Waals surface area contributed by atoms with Crippen LogP contribution in [0, 0.1) is 0 Å². The molecule has 1 aliphatic heterocycles. The van der Waals surface area contributed by atoms with E-state index in [1.165, 1.54) is 11.5 Å². The molecule has 4 heteroatoms. The van der Waals surface area contributed by atoms with Crippen molar-refractivity contribution in [2.75, 3.05) is 6.54 Å². The lowest BCUT2D eigenvalue weighted by atomic mass is 10.7. The Hall–Kier alpha value is -0.900. The van der Waals surface area contributed by atoms with Crippen LogP contribution >= 0.6 is 0 Å². The zero-order valence-corrected chi connectivity index (χ0v) is 3.78. The van der Waals surface area contributed by atoms with Gasteiger partial charge in [-0.05, 0) is 0 Å².